The van der Waals surface area contributed by atoms with Crippen molar-refractivity contribution in [3.63, 3.8) is 0 Å². The Bertz CT molecular complexity index is 701. The van der Waals surface area contributed by atoms with Crippen molar-refractivity contribution < 1.29 is 14.3 Å². The Kier molecular flexibility index (Phi) is 4.72. The zero-order valence-electron chi connectivity index (χ0n) is 16.1. The molecule has 3 aliphatic carbocycles. The molecule has 142 valence electrons. The number of amides is 1. The van der Waals surface area contributed by atoms with Gasteiger partial charge in [0.05, 0.1) is 12.2 Å². The summed E-state index contributed by atoms with van der Waals surface area (Å²) in [6.45, 7) is 3.44. The van der Waals surface area contributed by atoms with Gasteiger partial charge in [0.2, 0.25) is 0 Å². The predicted molar refractivity (Wildman–Crippen MR) is 102 cm³/mol. The molecule has 0 bridgehead atoms. The van der Waals surface area contributed by atoms with E-state index in [1.54, 1.807) is 7.11 Å². The number of nitrogens with two attached hydrogens (primary N) is 1. The van der Waals surface area contributed by atoms with Crippen LogP contribution in [0.5, 0.6) is 5.75 Å². The van der Waals surface area contributed by atoms with Crippen molar-refractivity contribution in [1.29, 1.82) is 0 Å². The fourth-order valence-corrected chi connectivity index (χ4v) is 6.14. The number of carbonyl (C=O) groups is 1. The highest BCUT2D eigenvalue weighted by atomic mass is 16.5. The molecule has 1 amide bonds. The zero-order chi connectivity index (χ0) is 18.3. The van der Waals surface area contributed by atoms with Crippen molar-refractivity contribution in [2.24, 2.45) is 23.0 Å². The average Bonchev–Trinajstić information content (AvgIpc) is 3.02. The van der Waals surface area contributed by atoms with Gasteiger partial charge in [0.25, 0.3) is 5.91 Å². The summed E-state index contributed by atoms with van der Waals surface area (Å²) in [6, 6.07) is 4.12. The summed E-state index contributed by atoms with van der Waals surface area (Å²) in [7, 11) is 1.64. The second-order valence-electron chi connectivity index (χ2n) is 8.75. The van der Waals surface area contributed by atoms with Crippen LogP contribution in [-0.2, 0) is 11.2 Å². The lowest BCUT2D eigenvalue weighted by Crippen LogP contribution is -2.39. The highest BCUT2D eigenvalue weighted by Gasteiger charge is 2.50. The molecule has 2 N–H and O–H groups in total. The van der Waals surface area contributed by atoms with Crippen LogP contribution in [0.15, 0.2) is 12.1 Å². The Balaban J connectivity index is 1.66. The molecule has 0 aliphatic heterocycles. The van der Waals surface area contributed by atoms with E-state index in [4.69, 9.17) is 15.2 Å². The Morgan fingerprint density at radius 3 is 2.85 bits per heavy atom. The standard InChI is InChI=1S/C22H31NO3/c1-22-8-3-4-19(22)16-6-5-14-12-20(26-11-10-25-2)18(21(23)24)13-17(14)15(16)7-9-22/h12-13,15-16,19H,3-11H2,1-2H3,(H2,23,24)/t15-,16+,19-,22-/m0/s1. The number of ether oxygens (including phenoxy) is 2. The molecule has 0 saturated heterocycles. The van der Waals surface area contributed by atoms with Crippen molar-refractivity contribution in [2.75, 3.05) is 20.3 Å². The van der Waals surface area contributed by atoms with Gasteiger partial charge in [0, 0.05) is 7.11 Å². The average molecular weight is 357 g/mol. The number of methoxy groups -OCH3 is 1. The van der Waals surface area contributed by atoms with Crippen LogP contribution >= 0.6 is 0 Å². The third kappa shape index (κ3) is 2.92. The fourth-order valence-electron chi connectivity index (χ4n) is 6.14. The molecule has 26 heavy (non-hydrogen) atoms. The lowest BCUT2D eigenvalue weighted by molar-refractivity contribution is 0.0597. The van der Waals surface area contributed by atoms with E-state index in [2.05, 4.69) is 13.0 Å². The van der Waals surface area contributed by atoms with Crippen molar-refractivity contribution in [2.45, 2.75) is 57.8 Å². The van der Waals surface area contributed by atoms with E-state index >= 15 is 0 Å². The highest BCUT2D eigenvalue weighted by molar-refractivity contribution is 5.96. The molecule has 1 aromatic rings. The first kappa shape index (κ1) is 17.8. The van der Waals surface area contributed by atoms with Gasteiger partial charge in [0.15, 0.2) is 0 Å². The summed E-state index contributed by atoms with van der Waals surface area (Å²) in [5.41, 5.74) is 9.47. The number of hydrogen-bond acceptors (Lipinski definition) is 3. The summed E-state index contributed by atoms with van der Waals surface area (Å²) in [5.74, 6) is 2.42. The summed E-state index contributed by atoms with van der Waals surface area (Å²) in [6.07, 6.45) is 9.08. The number of primary amides is 1. The molecule has 4 atom stereocenters. The largest absolute Gasteiger partial charge is 0.490 e. The lowest BCUT2D eigenvalue weighted by Gasteiger charge is -2.49. The monoisotopic (exact) mass is 357 g/mol. The van der Waals surface area contributed by atoms with Crippen LogP contribution in [0.2, 0.25) is 0 Å². The van der Waals surface area contributed by atoms with E-state index in [1.165, 1.54) is 49.7 Å². The molecule has 4 heteroatoms. The summed E-state index contributed by atoms with van der Waals surface area (Å²) < 4.78 is 10.9. The van der Waals surface area contributed by atoms with Gasteiger partial charge in [0.1, 0.15) is 12.4 Å². The Morgan fingerprint density at radius 2 is 2.08 bits per heavy atom. The van der Waals surface area contributed by atoms with Crippen LogP contribution in [0.4, 0.5) is 0 Å². The second kappa shape index (κ2) is 6.88. The van der Waals surface area contributed by atoms with E-state index in [9.17, 15) is 4.79 Å². The zero-order valence-corrected chi connectivity index (χ0v) is 16.1. The van der Waals surface area contributed by atoms with Gasteiger partial charge in [-0.25, -0.2) is 0 Å². The molecule has 4 nitrogen and oxygen atoms in total. The predicted octanol–water partition coefficient (Wildman–Crippen LogP) is 4.06. The van der Waals surface area contributed by atoms with Crippen LogP contribution < -0.4 is 10.5 Å². The van der Waals surface area contributed by atoms with Gasteiger partial charge in [-0.15, -0.1) is 0 Å². The van der Waals surface area contributed by atoms with Gasteiger partial charge < -0.3 is 15.2 Å². The first-order valence-electron chi connectivity index (χ1n) is 10.1. The highest BCUT2D eigenvalue weighted by Crippen LogP contribution is 2.61. The number of benzene rings is 1. The number of aryl methyl sites for hydroxylation is 1. The Labute approximate surface area is 156 Å². The second-order valence-corrected chi connectivity index (χ2v) is 8.75. The molecule has 0 unspecified atom stereocenters. The molecule has 0 spiro atoms. The SMILES string of the molecule is COCCOc1cc2c(cc1C(N)=O)[C@H]1CC[C@]3(C)CCC[C@H]3[C@@H]1CC2. The van der Waals surface area contributed by atoms with Gasteiger partial charge in [-0.3, -0.25) is 4.79 Å². The first-order valence-corrected chi connectivity index (χ1v) is 10.1. The molecular formula is C22H31NO3. The van der Waals surface area contributed by atoms with Gasteiger partial charge in [-0.1, -0.05) is 13.3 Å². The quantitative estimate of drug-likeness (QED) is 0.809. The Hall–Kier alpha value is -1.55. The summed E-state index contributed by atoms with van der Waals surface area (Å²) in [5, 5.41) is 0. The molecule has 0 heterocycles. The molecular weight excluding hydrogens is 326 g/mol. The number of rotatable bonds is 5. The van der Waals surface area contributed by atoms with E-state index in [-0.39, 0.29) is 0 Å². The maximum absolute atomic E-state index is 12.0. The maximum atomic E-state index is 12.0. The number of carbonyl (C=O) groups excluding carboxylic acids is 1. The van der Waals surface area contributed by atoms with Gasteiger partial charge in [-0.2, -0.15) is 0 Å². The van der Waals surface area contributed by atoms with Crippen molar-refractivity contribution >= 4 is 5.91 Å². The van der Waals surface area contributed by atoms with Gasteiger partial charge >= 0.3 is 0 Å². The van der Waals surface area contributed by atoms with Crippen LogP contribution in [0.1, 0.15) is 72.9 Å². The van der Waals surface area contributed by atoms with Crippen molar-refractivity contribution in [3.8, 4) is 5.75 Å². The molecule has 2 fully saturated rings. The molecule has 3 aliphatic rings. The molecule has 2 saturated carbocycles. The maximum Gasteiger partial charge on any atom is 0.252 e. The molecule has 4 rings (SSSR count). The van der Waals surface area contributed by atoms with Gasteiger partial charge in [-0.05, 0) is 85.0 Å². The lowest BCUT2D eigenvalue weighted by atomic mass is 9.56. The minimum atomic E-state index is -0.399. The van der Waals surface area contributed by atoms with E-state index in [0.717, 1.165) is 18.3 Å². The van der Waals surface area contributed by atoms with Crippen LogP contribution in [0.3, 0.4) is 0 Å². The molecule has 0 radical (unpaired) electrons. The number of fused-ring (bicyclic) bond motifs is 5. The summed E-state index contributed by atoms with van der Waals surface area (Å²) in [4.78, 5) is 12.0. The van der Waals surface area contributed by atoms with Crippen LogP contribution in [0, 0.1) is 17.3 Å². The van der Waals surface area contributed by atoms with E-state index in [1.807, 2.05) is 6.07 Å². The minimum Gasteiger partial charge on any atom is -0.490 e. The third-order valence-corrected chi connectivity index (χ3v) is 7.42. The first-order chi connectivity index (χ1) is 12.5. The van der Waals surface area contributed by atoms with E-state index in [0.29, 0.717) is 35.9 Å². The molecule has 0 aromatic heterocycles. The smallest absolute Gasteiger partial charge is 0.252 e. The van der Waals surface area contributed by atoms with Crippen molar-refractivity contribution in [1.82, 2.24) is 0 Å². The topological polar surface area (TPSA) is 61.6 Å². The Morgan fingerprint density at radius 1 is 1.23 bits per heavy atom. The van der Waals surface area contributed by atoms with Crippen molar-refractivity contribution in [3.05, 3.63) is 28.8 Å². The fraction of sp³-hybridized carbons (Fsp3) is 0.682. The third-order valence-electron chi connectivity index (χ3n) is 7.42. The van der Waals surface area contributed by atoms with Crippen LogP contribution in [0.25, 0.3) is 0 Å². The van der Waals surface area contributed by atoms with E-state index < -0.39 is 5.91 Å². The molecule has 1 aromatic carbocycles. The van der Waals surface area contributed by atoms with Crippen LogP contribution in [-0.4, -0.2) is 26.2 Å². The normalized spacial score (nSPS) is 32.5. The summed E-state index contributed by atoms with van der Waals surface area (Å²) >= 11 is 0. The number of hydrogen-bond donors (Lipinski definition) is 1. The minimum absolute atomic E-state index is 0.399.